The average Bonchev–Trinajstić information content (AvgIpc) is 2.22. The van der Waals surface area contributed by atoms with Gasteiger partial charge in [-0.25, -0.2) is 4.79 Å². The Morgan fingerprint density at radius 2 is 2.43 bits per heavy atom. The van der Waals surface area contributed by atoms with E-state index < -0.39 is 0 Å². The maximum atomic E-state index is 10.1. The summed E-state index contributed by atoms with van der Waals surface area (Å²) in [4.78, 5) is 10.1. The second-order valence-electron chi connectivity index (χ2n) is 1.71. The van der Waals surface area contributed by atoms with E-state index in [1.165, 1.54) is 0 Å². The summed E-state index contributed by atoms with van der Waals surface area (Å²) in [6, 6.07) is 0. The van der Waals surface area contributed by atoms with E-state index in [-0.39, 0.29) is 12.1 Å². The number of ether oxygens (including phenoxy) is 1. The Balaban J connectivity index is 2.09. The van der Waals surface area contributed by atoms with Gasteiger partial charge in [0.25, 0.3) is 0 Å². The highest BCUT2D eigenvalue weighted by Crippen LogP contribution is 2.16. The zero-order chi connectivity index (χ0) is 5.28. The predicted molar refractivity (Wildman–Crippen MR) is 24.8 cm³/mol. The summed E-state index contributed by atoms with van der Waals surface area (Å²) in [6.45, 7) is 2.04. The molecule has 0 aliphatic carbocycles. The minimum atomic E-state index is -0.0261. The lowest BCUT2D eigenvalue weighted by Gasteiger charge is -1.76. The molecule has 0 radical (unpaired) electrons. The molecule has 1 fully saturated rings. The van der Waals surface area contributed by atoms with Gasteiger partial charge in [0.2, 0.25) is 0 Å². The van der Waals surface area contributed by atoms with Crippen molar-refractivity contribution in [2.75, 3.05) is 0 Å². The molecule has 7 heavy (non-hydrogen) atoms. The Hall–Kier alpha value is -0.530. The first-order valence-electron chi connectivity index (χ1n) is 2.55. The molecule has 0 saturated carbocycles. The molecule has 0 aromatic heterocycles. The highest BCUT2D eigenvalue weighted by Gasteiger charge is 2.36. The van der Waals surface area contributed by atoms with Crippen molar-refractivity contribution in [1.29, 1.82) is 0 Å². The Bertz CT molecular complexity index is 88.1. The van der Waals surface area contributed by atoms with E-state index in [2.05, 4.69) is 4.74 Å². The molecule has 1 heterocycles. The van der Waals surface area contributed by atoms with Gasteiger partial charge in [0.15, 0.2) is 6.10 Å². The molecular formula is C5H8O2. The van der Waals surface area contributed by atoms with E-state index in [4.69, 9.17) is 0 Å². The van der Waals surface area contributed by atoms with E-state index in [1.54, 1.807) is 0 Å². The van der Waals surface area contributed by atoms with Gasteiger partial charge in [0.05, 0.1) is 0 Å². The molecule has 0 bridgehead atoms. The summed E-state index contributed by atoms with van der Waals surface area (Å²) >= 11 is 0. The SMILES string of the molecule is CCCC1OC1=O. The van der Waals surface area contributed by atoms with E-state index in [9.17, 15) is 4.79 Å². The van der Waals surface area contributed by atoms with Crippen LogP contribution in [0.1, 0.15) is 19.8 Å². The number of cyclic esters (lactones) is 1. The van der Waals surface area contributed by atoms with Crippen molar-refractivity contribution in [2.45, 2.75) is 25.9 Å². The summed E-state index contributed by atoms with van der Waals surface area (Å²) in [5.41, 5.74) is 0. The molecule has 0 amide bonds. The molecule has 1 aliphatic rings. The molecule has 0 spiro atoms. The van der Waals surface area contributed by atoms with Crippen molar-refractivity contribution in [3.63, 3.8) is 0 Å². The highest BCUT2D eigenvalue weighted by atomic mass is 16.6. The van der Waals surface area contributed by atoms with Crippen LogP contribution in [0.25, 0.3) is 0 Å². The largest absolute Gasteiger partial charge is 0.448 e. The van der Waals surface area contributed by atoms with Crippen LogP contribution in [0.15, 0.2) is 0 Å². The molecule has 1 saturated heterocycles. The second-order valence-corrected chi connectivity index (χ2v) is 1.71. The van der Waals surface area contributed by atoms with Gasteiger partial charge in [-0.05, 0) is 6.42 Å². The van der Waals surface area contributed by atoms with Gasteiger partial charge in [0.1, 0.15) is 0 Å². The van der Waals surface area contributed by atoms with Crippen LogP contribution in [0, 0.1) is 0 Å². The zero-order valence-corrected chi connectivity index (χ0v) is 4.31. The van der Waals surface area contributed by atoms with Crippen LogP contribution in [0.3, 0.4) is 0 Å². The summed E-state index contributed by atoms with van der Waals surface area (Å²) < 4.78 is 4.52. The highest BCUT2D eigenvalue weighted by molar-refractivity contribution is 5.87. The minimum Gasteiger partial charge on any atom is -0.448 e. The lowest BCUT2D eigenvalue weighted by Crippen LogP contribution is -1.82. The van der Waals surface area contributed by atoms with Gasteiger partial charge < -0.3 is 4.74 Å². The summed E-state index contributed by atoms with van der Waals surface area (Å²) in [5, 5.41) is 0. The third kappa shape index (κ3) is 0.918. The van der Waals surface area contributed by atoms with Crippen molar-refractivity contribution in [3.8, 4) is 0 Å². The maximum absolute atomic E-state index is 10.1. The Morgan fingerprint density at radius 1 is 1.86 bits per heavy atom. The number of hydrogen-bond donors (Lipinski definition) is 0. The molecule has 0 N–H and O–H groups in total. The van der Waals surface area contributed by atoms with Gasteiger partial charge >= 0.3 is 5.97 Å². The van der Waals surface area contributed by atoms with Gasteiger partial charge in [-0.1, -0.05) is 13.3 Å². The van der Waals surface area contributed by atoms with Crippen molar-refractivity contribution < 1.29 is 9.53 Å². The lowest BCUT2D eigenvalue weighted by atomic mass is 10.3. The summed E-state index contributed by atoms with van der Waals surface area (Å²) in [7, 11) is 0. The first-order chi connectivity index (χ1) is 3.34. The van der Waals surface area contributed by atoms with Crippen LogP contribution in [-0.4, -0.2) is 12.1 Å². The van der Waals surface area contributed by atoms with Crippen LogP contribution in [0.5, 0.6) is 0 Å². The number of hydrogen-bond acceptors (Lipinski definition) is 2. The summed E-state index contributed by atoms with van der Waals surface area (Å²) in [5.74, 6) is -0.0261. The van der Waals surface area contributed by atoms with Gasteiger partial charge in [-0.2, -0.15) is 0 Å². The Morgan fingerprint density at radius 3 is 2.57 bits per heavy atom. The third-order valence-electron chi connectivity index (χ3n) is 1.01. The quantitative estimate of drug-likeness (QED) is 0.478. The monoisotopic (exact) mass is 100 g/mol. The molecule has 1 unspecified atom stereocenters. The normalized spacial score (nSPS) is 27.0. The predicted octanol–water partition coefficient (Wildman–Crippen LogP) is 0.712. The third-order valence-corrected chi connectivity index (χ3v) is 1.01. The van der Waals surface area contributed by atoms with Crippen molar-refractivity contribution >= 4 is 5.97 Å². The van der Waals surface area contributed by atoms with Crippen LogP contribution < -0.4 is 0 Å². The van der Waals surface area contributed by atoms with Crippen molar-refractivity contribution in [2.24, 2.45) is 0 Å². The van der Waals surface area contributed by atoms with Crippen molar-refractivity contribution in [3.05, 3.63) is 0 Å². The first-order valence-corrected chi connectivity index (χ1v) is 2.55. The van der Waals surface area contributed by atoms with Gasteiger partial charge in [-0.3, -0.25) is 0 Å². The number of rotatable bonds is 2. The minimum absolute atomic E-state index is 0.0231. The molecule has 1 atom stereocenters. The molecule has 0 aromatic rings. The number of epoxide rings is 1. The molecule has 2 heteroatoms. The van der Waals surface area contributed by atoms with E-state index in [1.807, 2.05) is 6.92 Å². The average molecular weight is 100 g/mol. The van der Waals surface area contributed by atoms with Crippen LogP contribution in [0.4, 0.5) is 0 Å². The first kappa shape index (κ1) is 4.62. The molecule has 2 nitrogen and oxygen atoms in total. The molecule has 1 rings (SSSR count). The molecular weight excluding hydrogens is 92.1 g/mol. The molecule has 40 valence electrons. The van der Waals surface area contributed by atoms with Crippen LogP contribution in [0.2, 0.25) is 0 Å². The Labute approximate surface area is 42.5 Å². The zero-order valence-electron chi connectivity index (χ0n) is 4.31. The van der Waals surface area contributed by atoms with E-state index in [0.29, 0.717) is 0 Å². The van der Waals surface area contributed by atoms with Gasteiger partial charge in [-0.15, -0.1) is 0 Å². The smallest absolute Gasteiger partial charge is 0.348 e. The fourth-order valence-corrected chi connectivity index (χ4v) is 0.545. The number of carbonyl (C=O) groups is 1. The van der Waals surface area contributed by atoms with Crippen LogP contribution >= 0.6 is 0 Å². The Kier molecular flexibility index (Phi) is 1.01. The molecule has 0 aromatic carbocycles. The topological polar surface area (TPSA) is 29.6 Å². The standard InChI is InChI=1S/C5H8O2/c1-2-3-4-5(6)7-4/h4H,2-3H2,1H3. The number of carbonyl (C=O) groups excluding carboxylic acids is 1. The molecule has 1 aliphatic heterocycles. The maximum Gasteiger partial charge on any atom is 0.348 e. The van der Waals surface area contributed by atoms with Crippen LogP contribution in [-0.2, 0) is 9.53 Å². The fourth-order valence-electron chi connectivity index (χ4n) is 0.545. The fraction of sp³-hybridized carbons (Fsp3) is 0.800. The lowest BCUT2D eigenvalue weighted by molar-refractivity contribution is -0.117. The van der Waals surface area contributed by atoms with Gasteiger partial charge in [0, 0.05) is 0 Å². The summed E-state index contributed by atoms with van der Waals surface area (Å²) in [6.07, 6.45) is 1.92. The second kappa shape index (κ2) is 1.52. The van der Waals surface area contributed by atoms with Crippen molar-refractivity contribution in [1.82, 2.24) is 0 Å². The van der Waals surface area contributed by atoms with E-state index >= 15 is 0 Å². The van der Waals surface area contributed by atoms with E-state index in [0.717, 1.165) is 12.8 Å².